The maximum absolute atomic E-state index is 12.7. The van der Waals surface area contributed by atoms with Gasteiger partial charge in [-0.3, -0.25) is 9.59 Å². The normalized spacial score (nSPS) is 16.8. The number of rotatable bonds is 5. The van der Waals surface area contributed by atoms with Crippen LogP contribution in [0.1, 0.15) is 40.0 Å². The number of halogens is 2. The fourth-order valence-corrected chi connectivity index (χ4v) is 3.43. The van der Waals surface area contributed by atoms with Gasteiger partial charge in [-0.15, -0.1) is 0 Å². The van der Waals surface area contributed by atoms with Crippen molar-refractivity contribution in [2.24, 2.45) is 5.92 Å². The summed E-state index contributed by atoms with van der Waals surface area (Å²) >= 11 is 11.9. The first-order chi connectivity index (χ1) is 11.5. The lowest BCUT2D eigenvalue weighted by atomic mass is 9.88. The van der Waals surface area contributed by atoms with Crippen molar-refractivity contribution in [3.05, 3.63) is 81.4 Å². The molecule has 0 aliphatic heterocycles. The number of allylic oxidation sites excluding steroid dienone is 2. The molecule has 4 heteroatoms. The van der Waals surface area contributed by atoms with Gasteiger partial charge in [0, 0.05) is 27.6 Å². The molecule has 0 aromatic heterocycles. The van der Waals surface area contributed by atoms with Crippen molar-refractivity contribution < 1.29 is 9.59 Å². The van der Waals surface area contributed by atoms with Crippen molar-refractivity contribution >= 4 is 34.8 Å². The Bertz CT molecular complexity index is 824. The van der Waals surface area contributed by atoms with Crippen LogP contribution in [0.15, 0.2) is 60.2 Å². The number of carbonyl (C=O) groups excluding carboxylic acids is 2. The van der Waals surface area contributed by atoms with Crippen molar-refractivity contribution in [1.82, 2.24) is 0 Å². The summed E-state index contributed by atoms with van der Waals surface area (Å²) < 4.78 is 0. The fourth-order valence-electron chi connectivity index (χ4n) is 3.05. The minimum absolute atomic E-state index is 0.00851. The van der Waals surface area contributed by atoms with Crippen molar-refractivity contribution in [1.29, 1.82) is 0 Å². The second kappa shape index (κ2) is 7.33. The van der Waals surface area contributed by atoms with Crippen LogP contribution in [-0.4, -0.2) is 11.6 Å². The van der Waals surface area contributed by atoms with Gasteiger partial charge in [-0.2, -0.15) is 0 Å². The highest BCUT2D eigenvalue weighted by atomic mass is 35.5. The second-order valence-corrected chi connectivity index (χ2v) is 6.78. The average Bonchev–Trinajstić information content (AvgIpc) is 3.02. The summed E-state index contributed by atoms with van der Waals surface area (Å²) in [5, 5.41) is 1.07. The molecule has 0 saturated carbocycles. The molecular weight excluding hydrogens is 343 g/mol. The summed E-state index contributed by atoms with van der Waals surface area (Å²) in [6.45, 7) is 0. The molecule has 0 N–H and O–H groups in total. The zero-order valence-electron chi connectivity index (χ0n) is 13.0. The number of benzene rings is 2. The Balaban J connectivity index is 1.76. The highest BCUT2D eigenvalue weighted by Crippen LogP contribution is 2.32. The van der Waals surface area contributed by atoms with Gasteiger partial charge in [-0.1, -0.05) is 53.5 Å². The van der Waals surface area contributed by atoms with E-state index < -0.39 is 0 Å². The predicted molar refractivity (Wildman–Crippen MR) is 97.0 cm³/mol. The molecule has 1 aliphatic rings. The van der Waals surface area contributed by atoms with E-state index in [1.807, 2.05) is 6.08 Å². The molecule has 0 amide bonds. The summed E-state index contributed by atoms with van der Waals surface area (Å²) in [6, 6.07) is 13.8. The first-order valence-electron chi connectivity index (χ1n) is 7.83. The van der Waals surface area contributed by atoms with Gasteiger partial charge in [-0.25, -0.2) is 0 Å². The topological polar surface area (TPSA) is 34.1 Å². The number of ketones is 2. The summed E-state index contributed by atoms with van der Waals surface area (Å²) in [5.41, 5.74) is 1.87. The predicted octanol–water partition coefficient (Wildman–Crippen LogP) is 5.79. The number of hydrogen-bond acceptors (Lipinski definition) is 2. The molecule has 1 atom stereocenters. The summed E-state index contributed by atoms with van der Waals surface area (Å²) in [7, 11) is 0. The van der Waals surface area contributed by atoms with Crippen LogP contribution in [0.25, 0.3) is 0 Å². The summed E-state index contributed by atoms with van der Waals surface area (Å²) in [6.07, 6.45) is 3.89. The lowest BCUT2D eigenvalue weighted by Crippen LogP contribution is -2.14. The van der Waals surface area contributed by atoms with Crippen LogP contribution in [0, 0.1) is 5.92 Å². The standard InChI is InChI=1S/C20H16Cl2O2/c21-16-7-1-5-14(10-16)19(23)12-13-4-3-9-18(13)20(24)15-6-2-8-17(22)11-15/h1-2,5-11,13H,3-4,12H2/t13-/m1/s1. The van der Waals surface area contributed by atoms with E-state index in [1.165, 1.54) is 0 Å². The van der Waals surface area contributed by atoms with Crippen molar-refractivity contribution in [3.63, 3.8) is 0 Å². The van der Waals surface area contributed by atoms with Gasteiger partial charge in [0.05, 0.1) is 0 Å². The highest BCUT2D eigenvalue weighted by molar-refractivity contribution is 6.31. The van der Waals surface area contributed by atoms with E-state index in [-0.39, 0.29) is 17.5 Å². The number of carbonyl (C=O) groups is 2. The van der Waals surface area contributed by atoms with Crippen LogP contribution in [0.4, 0.5) is 0 Å². The first kappa shape index (κ1) is 16.9. The number of Topliss-reactive ketones (excluding diaryl/α,β-unsaturated/α-hetero) is 2. The van der Waals surface area contributed by atoms with Gasteiger partial charge in [0.25, 0.3) is 0 Å². The fraction of sp³-hybridized carbons (Fsp3) is 0.200. The van der Waals surface area contributed by atoms with Crippen LogP contribution in [-0.2, 0) is 0 Å². The van der Waals surface area contributed by atoms with E-state index in [0.717, 1.165) is 12.8 Å². The Morgan fingerprint density at radius 1 is 0.958 bits per heavy atom. The third kappa shape index (κ3) is 3.77. The summed E-state index contributed by atoms with van der Waals surface area (Å²) in [5.74, 6) is -0.0870. The monoisotopic (exact) mass is 358 g/mol. The van der Waals surface area contributed by atoms with E-state index in [4.69, 9.17) is 23.2 Å². The molecule has 0 saturated heterocycles. The average molecular weight is 359 g/mol. The molecule has 0 fully saturated rings. The molecule has 0 radical (unpaired) electrons. The van der Waals surface area contributed by atoms with E-state index in [2.05, 4.69) is 0 Å². The minimum atomic E-state index is -0.0528. The van der Waals surface area contributed by atoms with Crippen LogP contribution >= 0.6 is 23.2 Å². The van der Waals surface area contributed by atoms with Gasteiger partial charge < -0.3 is 0 Å². The molecule has 2 nitrogen and oxygen atoms in total. The molecule has 0 spiro atoms. The molecule has 122 valence electrons. The molecule has 0 unspecified atom stereocenters. The number of hydrogen-bond donors (Lipinski definition) is 0. The van der Waals surface area contributed by atoms with Crippen LogP contribution in [0.2, 0.25) is 10.0 Å². The minimum Gasteiger partial charge on any atom is -0.294 e. The van der Waals surface area contributed by atoms with Crippen LogP contribution in [0.3, 0.4) is 0 Å². The lowest BCUT2D eigenvalue weighted by Gasteiger charge is -2.14. The Morgan fingerprint density at radius 2 is 1.58 bits per heavy atom. The lowest BCUT2D eigenvalue weighted by molar-refractivity contribution is 0.0960. The molecule has 0 bridgehead atoms. The largest absolute Gasteiger partial charge is 0.294 e. The third-order valence-electron chi connectivity index (χ3n) is 4.25. The van der Waals surface area contributed by atoms with E-state index >= 15 is 0 Å². The van der Waals surface area contributed by atoms with Gasteiger partial charge in [0.1, 0.15) is 0 Å². The maximum Gasteiger partial charge on any atom is 0.189 e. The molecular formula is C20H16Cl2O2. The first-order valence-corrected chi connectivity index (χ1v) is 8.59. The SMILES string of the molecule is O=C(C[C@H]1CCC=C1C(=O)c1cccc(Cl)c1)c1cccc(Cl)c1. The van der Waals surface area contributed by atoms with E-state index in [1.54, 1.807) is 48.5 Å². The van der Waals surface area contributed by atoms with Crippen LogP contribution in [0.5, 0.6) is 0 Å². The van der Waals surface area contributed by atoms with Crippen LogP contribution < -0.4 is 0 Å². The van der Waals surface area contributed by atoms with Crippen molar-refractivity contribution in [2.75, 3.05) is 0 Å². The Kier molecular flexibility index (Phi) is 5.17. The zero-order chi connectivity index (χ0) is 17.1. The van der Waals surface area contributed by atoms with Gasteiger partial charge >= 0.3 is 0 Å². The third-order valence-corrected chi connectivity index (χ3v) is 4.72. The van der Waals surface area contributed by atoms with Gasteiger partial charge in [0.15, 0.2) is 11.6 Å². The smallest absolute Gasteiger partial charge is 0.189 e. The van der Waals surface area contributed by atoms with Gasteiger partial charge in [0.2, 0.25) is 0 Å². The molecule has 3 rings (SSSR count). The summed E-state index contributed by atoms with van der Waals surface area (Å²) in [4.78, 5) is 25.2. The molecule has 2 aromatic rings. The van der Waals surface area contributed by atoms with E-state index in [0.29, 0.717) is 33.2 Å². The maximum atomic E-state index is 12.7. The van der Waals surface area contributed by atoms with E-state index in [9.17, 15) is 9.59 Å². The van der Waals surface area contributed by atoms with Crippen molar-refractivity contribution in [2.45, 2.75) is 19.3 Å². The Labute approximate surface area is 151 Å². The van der Waals surface area contributed by atoms with Gasteiger partial charge in [-0.05, 0) is 48.6 Å². The Morgan fingerprint density at radius 3 is 2.25 bits per heavy atom. The second-order valence-electron chi connectivity index (χ2n) is 5.91. The Hall–Kier alpha value is -1.90. The molecule has 1 aliphatic carbocycles. The zero-order valence-corrected chi connectivity index (χ0v) is 14.5. The quantitative estimate of drug-likeness (QED) is 0.634. The van der Waals surface area contributed by atoms with Crippen molar-refractivity contribution in [3.8, 4) is 0 Å². The highest BCUT2D eigenvalue weighted by Gasteiger charge is 2.28. The molecule has 24 heavy (non-hydrogen) atoms. The molecule has 0 heterocycles. The molecule has 2 aromatic carbocycles.